The second-order valence-corrected chi connectivity index (χ2v) is 4.07. The molecule has 1 N–H and O–H groups in total. The maximum Gasteiger partial charge on any atom is 0.141 e. The number of rotatable bonds is 3. The molecule has 0 saturated heterocycles. The van der Waals surface area contributed by atoms with E-state index in [9.17, 15) is 0 Å². The highest BCUT2D eigenvalue weighted by Crippen LogP contribution is 2.21. The smallest absolute Gasteiger partial charge is 0.141 e. The summed E-state index contributed by atoms with van der Waals surface area (Å²) in [6.07, 6.45) is 1.79. The number of hydrogen-bond acceptors (Lipinski definition) is 2. The molecule has 0 aliphatic carbocycles. The van der Waals surface area contributed by atoms with Gasteiger partial charge in [0.2, 0.25) is 0 Å². The minimum Gasteiger partial charge on any atom is -0.315 e. The molecule has 0 fully saturated rings. The van der Waals surface area contributed by atoms with E-state index < -0.39 is 0 Å². The number of pyridine rings is 1. The van der Waals surface area contributed by atoms with E-state index in [4.69, 9.17) is 11.6 Å². The van der Waals surface area contributed by atoms with E-state index in [1.807, 2.05) is 29.8 Å². The van der Waals surface area contributed by atoms with Crippen LogP contribution in [0.15, 0.2) is 24.4 Å². The van der Waals surface area contributed by atoms with E-state index in [2.05, 4.69) is 17.2 Å². The second-order valence-electron chi connectivity index (χ2n) is 3.68. The molecule has 0 radical (unpaired) electrons. The molecule has 3 nitrogen and oxygen atoms in total. The standard InChI is InChI=1S/C11H14ClN3/c1-8(13-2)7-15-10(12)6-9-4-3-5-14-11(9)15/h3-6,8,13H,7H2,1-2H3. The molecule has 1 unspecified atom stereocenters. The zero-order valence-corrected chi connectivity index (χ0v) is 9.62. The van der Waals surface area contributed by atoms with E-state index in [1.54, 1.807) is 6.20 Å². The van der Waals surface area contributed by atoms with Crippen LogP contribution in [0.2, 0.25) is 5.15 Å². The van der Waals surface area contributed by atoms with Gasteiger partial charge in [-0.2, -0.15) is 0 Å². The molecule has 0 bridgehead atoms. The minimum atomic E-state index is 0.375. The zero-order valence-electron chi connectivity index (χ0n) is 8.87. The van der Waals surface area contributed by atoms with Crippen LogP contribution < -0.4 is 5.32 Å². The van der Waals surface area contributed by atoms with Gasteiger partial charge in [-0.05, 0) is 32.2 Å². The highest BCUT2D eigenvalue weighted by molar-refractivity contribution is 6.30. The molecule has 0 spiro atoms. The molecule has 0 amide bonds. The topological polar surface area (TPSA) is 29.9 Å². The van der Waals surface area contributed by atoms with Gasteiger partial charge in [0.25, 0.3) is 0 Å². The minimum absolute atomic E-state index is 0.375. The van der Waals surface area contributed by atoms with Gasteiger partial charge >= 0.3 is 0 Å². The van der Waals surface area contributed by atoms with Crippen LogP contribution >= 0.6 is 11.6 Å². The van der Waals surface area contributed by atoms with Crippen molar-refractivity contribution in [3.05, 3.63) is 29.5 Å². The van der Waals surface area contributed by atoms with Crippen LogP contribution in [0.3, 0.4) is 0 Å². The zero-order chi connectivity index (χ0) is 10.8. The lowest BCUT2D eigenvalue weighted by Gasteiger charge is -2.12. The Hall–Kier alpha value is -1.06. The molecule has 2 aromatic rings. The highest BCUT2D eigenvalue weighted by atomic mass is 35.5. The first-order valence-electron chi connectivity index (χ1n) is 4.99. The van der Waals surface area contributed by atoms with Crippen molar-refractivity contribution < 1.29 is 0 Å². The molecule has 2 rings (SSSR count). The van der Waals surface area contributed by atoms with Crippen LogP contribution in [0.4, 0.5) is 0 Å². The lowest BCUT2D eigenvalue weighted by Crippen LogP contribution is -2.26. The Morgan fingerprint density at radius 2 is 2.40 bits per heavy atom. The average molecular weight is 224 g/mol. The molecular weight excluding hydrogens is 210 g/mol. The lowest BCUT2D eigenvalue weighted by molar-refractivity contribution is 0.523. The van der Waals surface area contributed by atoms with Crippen molar-refractivity contribution in [3.8, 4) is 0 Å². The van der Waals surface area contributed by atoms with Gasteiger partial charge in [0, 0.05) is 24.2 Å². The summed E-state index contributed by atoms with van der Waals surface area (Å²) in [6, 6.07) is 6.27. The summed E-state index contributed by atoms with van der Waals surface area (Å²) in [4.78, 5) is 4.34. The van der Waals surface area contributed by atoms with Crippen molar-refractivity contribution in [2.45, 2.75) is 19.5 Å². The molecule has 80 valence electrons. The van der Waals surface area contributed by atoms with Gasteiger partial charge in [0.05, 0.1) is 0 Å². The Morgan fingerprint density at radius 3 is 3.13 bits per heavy atom. The molecular formula is C11H14ClN3. The molecule has 15 heavy (non-hydrogen) atoms. The van der Waals surface area contributed by atoms with Crippen molar-refractivity contribution in [3.63, 3.8) is 0 Å². The van der Waals surface area contributed by atoms with Crippen molar-refractivity contribution in [2.75, 3.05) is 7.05 Å². The predicted molar refractivity (Wildman–Crippen MR) is 63.3 cm³/mol. The van der Waals surface area contributed by atoms with Crippen LogP contribution in [0.5, 0.6) is 0 Å². The Labute approximate surface area is 94.1 Å². The van der Waals surface area contributed by atoms with E-state index in [-0.39, 0.29) is 0 Å². The third-order valence-electron chi connectivity index (χ3n) is 2.55. The Kier molecular flexibility index (Phi) is 2.93. The fourth-order valence-corrected chi connectivity index (χ4v) is 1.86. The summed E-state index contributed by atoms with van der Waals surface area (Å²) in [5.74, 6) is 0. The number of likely N-dealkylation sites (N-methyl/N-ethyl adjacent to an activating group) is 1. The molecule has 4 heteroatoms. The quantitative estimate of drug-likeness (QED) is 0.866. The molecule has 1 atom stereocenters. The molecule has 2 heterocycles. The maximum absolute atomic E-state index is 6.16. The summed E-state index contributed by atoms with van der Waals surface area (Å²) in [6.45, 7) is 2.95. The molecule has 0 saturated carbocycles. The summed E-state index contributed by atoms with van der Waals surface area (Å²) >= 11 is 6.16. The summed E-state index contributed by atoms with van der Waals surface area (Å²) in [5.41, 5.74) is 0.949. The normalized spacial score (nSPS) is 13.3. The predicted octanol–water partition coefficient (Wildman–Crippen LogP) is 2.30. The fraction of sp³-hybridized carbons (Fsp3) is 0.364. The van der Waals surface area contributed by atoms with E-state index in [1.165, 1.54) is 0 Å². The maximum atomic E-state index is 6.16. The molecule has 0 aromatic carbocycles. The third kappa shape index (κ3) is 1.98. The fourth-order valence-electron chi connectivity index (χ4n) is 1.59. The van der Waals surface area contributed by atoms with Gasteiger partial charge in [0.1, 0.15) is 10.8 Å². The Bertz CT molecular complexity index is 464. The summed E-state index contributed by atoms with van der Waals surface area (Å²) in [7, 11) is 1.94. The van der Waals surface area contributed by atoms with Crippen LogP contribution in [-0.4, -0.2) is 22.6 Å². The van der Waals surface area contributed by atoms with Crippen molar-refractivity contribution in [1.29, 1.82) is 0 Å². The summed E-state index contributed by atoms with van der Waals surface area (Å²) in [5, 5.41) is 5.02. The van der Waals surface area contributed by atoms with Gasteiger partial charge in [0.15, 0.2) is 0 Å². The van der Waals surface area contributed by atoms with Gasteiger partial charge in [-0.15, -0.1) is 0 Å². The van der Waals surface area contributed by atoms with Crippen molar-refractivity contribution in [1.82, 2.24) is 14.9 Å². The van der Waals surface area contributed by atoms with Crippen LogP contribution in [0.1, 0.15) is 6.92 Å². The number of nitrogens with one attached hydrogen (secondary N) is 1. The number of halogens is 1. The van der Waals surface area contributed by atoms with Crippen molar-refractivity contribution >= 4 is 22.6 Å². The van der Waals surface area contributed by atoms with Gasteiger partial charge in [-0.25, -0.2) is 4.98 Å². The monoisotopic (exact) mass is 223 g/mol. The number of aromatic nitrogens is 2. The van der Waals surface area contributed by atoms with Gasteiger partial charge < -0.3 is 9.88 Å². The van der Waals surface area contributed by atoms with E-state index in [0.29, 0.717) is 6.04 Å². The Balaban J connectivity index is 2.45. The summed E-state index contributed by atoms with van der Waals surface area (Å²) < 4.78 is 2.03. The number of fused-ring (bicyclic) bond motifs is 1. The first-order chi connectivity index (χ1) is 7.22. The third-order valence-corrected chi connectivity index (χ3v) is 2.87. The van der Waals surface area contributed by atoms with E-state index in [0.717, 1.165) is 22.7 Å². The SMILES string of the molecule is CNC(C)Cn1c(Cl)cc2cccnc21. The lowest BCUT2D eigenvalue weighted by atomic mass is 10.3. The van der Waals surface area contributed by atoms with Crippen molar-refractivity contribution in [2.24, 2.45) is 0 Å². The first kappa shape index (κ1) is 10.5. The van der Waals surface area contributed by atoms with Gasteiger partial charge in [-0.3, -0.25) is 0 Å². The molecule has 2 aromatic heterocycles. The molecule has 0 aliphatic rings. The van der Waals surface area contributed by atoms with Crippen LogP contribution in [0.25, 0.3) is 11.0 Å². The first-order valence-corrected chi connectivity index (χ1v) is 5.37. The second kappa shape index (κ2) is 4.21. The number of nitrogens with zero attached hydrogens (tertiary/aromatic N) is 2. The largest absolute Gasteiger partial charge is 0.315 e. The van der Waals surface area contributed by atoms with Crippen LogP contribution in [-0.2, 0) is 6.54 Å². The van der Waals surface area contributed by atoms with Gasteiger partial charge in [-0.1, -0.05) is 11.6 Å². The average Bonchev–Trinajstić information content (AvgIpc) is 2.55. The highest BCUT2D eigenvalue weighted by Gasteiger charge is 2.09. The number of hydrogen-bond donors (Lipinski definition) is 1. The Morgan fingerprint density at radius 1 is 1.60 bits per heavy atom. The molecule has 0 aliphatic heterocycles. The van der Waals surface area contributed by atoms with E-state index >= 15 is 0 Å². The van der Waals surface area contributed by atoms with Crippen LogP contribution in [0, 0.1) is 0 Å².